The highest BCUT2D eigenvalue weighted by Crippen LogP contribution is 2.45. The summed E-state index contributed by atoms with van der Waals surface area (Å²) in [5.74, 6) is 0. The van der Waals surface area contributed by atoms with Crippen molar-refractivity contribution in [3.8, 4) is 0 Å². The molecule has 16 heavy (non-hydrogen) atoms. The van der Waals surface area contributed by atoms with Crippen LogP contribution in [0.15, 0.2) is 30.5 Å². The summed E-state index contributed by atoms with van der Waals surface area (Å²) in [4.78, 5) is 0. The number of hydrazine groups is 1. The third-order valence-electron chi connectivity index (χ3n) is 2.19. The quantitative estimate of drug-likeness (QED) is 0.623. The van der Waals surface area contributed by atoms with E-state index in [1.54, 1.807) is 18.3 Å². The van der Waals surface area contributed by atoms with Gasteiger partial charge < -0.3 is 5.11 Å². The number of nitrogens with zero attached hydrogens (tertiary/aromatic N) is 1. The lowest BCUT2D eigenvalue weighted by Gasteiger charge is -2.22. The first-order chi connectivity index (χ1) is 7.72. The monoisotopic (exact) mass is 239 g/mol. The van der Waals surface area contributed by atoms with Crippen molar-refractivity contribution in [1.82, 2.24) is 5.01 Å². The van der Waals surface area contributed by atoms with Crippen LogP contribution in [0.25, 0.3) is 5.31 Å². The number of rotatable bonds is 3. The lowest BCUT2D eigenvalue weighted by Crippen LogP contribution is -2.23. The summed E-state index contributed by atoms with van der Waals surface area (Å²) in [5.41, 5.74) is 4.79. The summed E-state index contributed by atoms with van der Waals surface area (Å²) in [5, 5.41) is 10.9. The van der Waals surface area contributed by atoms with Crippen molar-refractivity contribution in [2.45, 2.75) is 0 Å². The fourth-order valence-electron chi connectivity index (χ4n) is 1.55. The summed E-state index contributed by atoms with van der Waals surface area (Å²) in [6.07, 6.45) is 1.69. The van der Waals surface area contributed by atoms with Gasteiger partial charge in [-0.05, 0) is 16.7 Å². The fraction of sp³-hybridized carbons (Fsp3) is 0.200. The summed E-state index contributed by atoms with van der Waals surface area (Å²) in [6.45, 7) is -0.550. The first-order valence-electron chi connectivity index (χ1n) is 4.74. The van der Waals surface area contributed by atoms with Crippen LogP contribution < -0.4 is 5.43 Å². The van der Waals surface area contributed by atoms with Gasteiger partial charge in [-0.1, -0.05) is 12.1 Å². The molecule has 1 aliphatic heterocycles. The van der Waals surface area contributed by atoms with Gasteiger partial charge in [-0.3, -0.25) is 10.4 Å². The van der Waals surface area contributed by atoms with E-state index in [1.165, 1.54) is 0 Å². The molecule has 0 bridgehead atoms. The molecule has 0 spiro atoms. The number of aliphatic hydroxyl groups excluding tert-OH is 1. The number of nitrogens with one attached hydrogen (secondary N) is 1. The molecular weight excluding hydrogens is 227 g/mol. The van der Waals surface area contributed by atoms with Gasteiger partial charge in [0.1, 0.15) is 0 Å². The van der Waals surface area contributed by atoms with Crippen molar-refractivity contribution < 1.29 is 14.2 Å². The van der Waals surface area contributed by atoms with Crippen LogP contribution in [-0.4, -0.2) is 24.0 Å². The second-order valence-electron chi connectivity index (χ2n) is 3.30. The summed E-state index contributed by atoms with van der Waals surface area (Å²) >= 11 is 0. The van der Waals surface area contributed by atoms with Crippen LogP contribution in [0.3, 0.4) is 0 Å². The maximum Gasteiger partial charge on any atom is 0.553 e. The molecule has 0 fully saturated rings. The minimum Gasteiger partial charge on any atom is -0.367 e. The molecule has 0 amide bonds. The Balaban J connectivity index is 2.39. The fourth-order valence-corrected chi connectivity index (χ4v) is 2.45. The molecule has 84 valence electrons. The van der Waals surface area contributed by atoms with Gasteiger partial charge in [0.15, 0.2) is 6.79 Å². The van der Waals surface area contributed by atoms with E-state index in [9.17, 15) is 4.57 Å². The third-order valence-corrected chi connectivity index (χ3v) is 3.29. The number of benzene rings is 1. The minimum absolute atomic E-state index is 0.550. The zero-order chi connectivity index (χ0) is 11.5. The first-order valence-corrected chi connectivity index (χ1v) is 5.92. The highest BCUT2D eigenvalue weighted by Gasteiger charge is 2.32. The van der Waals surface area contributed by atoms with Crippen LogP contribution in [0.4, 0.5) is 5.69 Å². The summed E-state index contributed by atoms with van der Waals surface area (Å²) in [7, 11) is -0.229. The number of anilines is 1. The van der Waals surface area contributed by atoms with Crippen LogP contribution in [0.5, 0.6) is 0 Å². The molecule has 1 aromatic carbocycles. The number of fused-ring (bicyclic) bond motifs is 1. The molecule has 2 rings (SSSR count). The van der Waals surface area contributed by atoms with Crippen LogP contribution in [0.1, 0.15) is 5.56 Å². The second kappa shape index (κ2) is 4.61. The molecule has 0 saturated carbocycles. The molecule has 0 saturated heterocycles. The van der Waals surface area contributed by atoms with E-state index < -0.39 is 14.8 Å². The van der Waals surface area contributed by atoms with Crippen LogP contribution >= 0.6 is 8.03 Å². The average molecular weight is 239 g/mol. The molecule has 1 aliphatic rings. The van der Waals surface area contributed by atoms with Crippen LogP contribution in [0, 0.1) is 0 Å². The van der Waals surface area contributed by atoms with Gasteiger partial charge in [0.25, 0.3) is 5.31 Å². The smallest absolute Gasteiger partial charge is 0.367 e. The Bertz CT molecular complexity index is 447. The third kappa shape index (κ3) is 2.07. The summed E-state index contributed by atoms with van der Waals surface area (Å²) < 4.78 is 16.5. The van der Waals surface area contributed by atoms with E-state index in [1.807, 2.05) is 24.3 Å². The van der Waals surface area contributed by atoms with Crippen molar-refractivity contribution in [3.05, 3.63) is 36.0 Å². The maximum absolute atomic E-state index is 11.7. The molecular formula is C10H12N2O3P+. The average Bonchev–Trinajstić information content (AvgIpc) is 2.28. The second-order valence-corrected chi connectivity index (χ2v) is 4.55. The van der Waals surface area contributed by atoms with Crippen molar-refractivity contribution in [3.63, 3.8) is 0 Å². The molecule has 2 N–H and O–H groups in total. The van der Waals surface area contributed by atoms with E-state index >= 15 is 0 Å². The molecule has 1 heterocycles. The van der Waals surface area contributed by atoms with Crippen molar-refractivity contribution in [2.75, 3.05) is 19.3 Å². The number of aliphatic hydroxyl groups is 1. The predicted octanol–water partition coefficient (Wildman–Crippen LogP) is 1.97. The van der Waals surface area contributed by atoms with Crippen molar-refractivity contribution >= 4 is 19.0 Å². The molecule has 6 heteroatoms. The van der Waals surface area contributed by atoms with Gasteiger partial charge in [0, 0.05) is 7.05 Å². The largest absolute Gasteiger partial charge is 0.553 e. The van der Waals surface area contributed by atoms with Crippen LogP contribution in [0.2, 0.25) is 0 Å². The Morgan fingerprint density at radius 3 is 3.00 bits per heavy atom. The van der Waals surface area contributed by atoms with Gasteiger partial charge in [-0.15, -0.1) is 4.52 Å². The Morgan fingerprint density at radius 1 is 1.50 bits per heavy atom. The number of para-hydroxylation sites is 1. The van der Waals surface area contributed by atoms with Gasteiger partial charge >= 0.3 is 8.03 Å². The maximum atomic E-state index is 11.7. The lowest BCUT2D eigenvalue weighted by atomic mass is 10.1. The highest BCUT2D eigenvalue weighted by atomic mass is 31.1. The zero-order valence-electron chi connectivity index (χ0n) is 8.75. The molecule has 1 atom stereocenters. The standard InChI is InChI=1S/C10H12N2O3P/c1-12-6-10(16(14)15-7-13)8-4-2-3-5-9(8)11-12/h2-6,11,13H,7H2,1H3/q+1. The van der Waals surface area contributed by atoms with E-state index in [4.69, 9.17) is 9.63 Å². The van der Waals surface area contributed by atoms with Crippen molar-refractivity contribution in [1.29, 1.82) is 0 Å². The molecule has 5 nitrogen and oxygen atoms in total. The van der Waals surface area contributed by atoms with E-state index in [-0.39, 0.29) is 0 Å². The predicted molar refractivity (Wildman–Crippen MR) is 61.6 cm³/mol. The molecule has 0 aromatic heterocycles. The SMILES string of the molecule is CN1C=C([P+](=O)OCO)c2ccccc2N1. The highest BCUT2D eigenvalue weighted by molar-refractivity contribution is 7.51. The molecule has 0 radical (unpaired) electrons. The minimum atomic E-state index is -2.03. The van der Waals surface area contributed by atoms with Gasteiger partial charge in [0.2, 0.25) is 0 Å². The Labute approximate surface area is 94.2 Å². The Hall–Kier alpha value is -1.42. The van der Waals surface area contributed by atoms with E-state index in [0.717, 1.165) is 11.3 Å². The normalized spacial score (nSPS) is 15.0. The molecule has 1 unspecified atom stereocenters. The zero-order valence-corrected chi connectivity index (χ0v) is 9.65. The van der Waals surface area contributed by atoms with Gasteiger partial charge in [0.05, 0.1) is 17.5 Å². The van der Waals surface area contributed by atoms with E-state index in [0.29, 0.717) is 5.31 Å². The lowest BCUT2D eigenvalue weighted by molar-refractivity contribution is 0.109. The Morgan fingerprint density at radius 2 is 2.25 bits per heavy atom. The molecule has 0 aliphatic carbocycles. The van der Waals surface area contributed by atoms with E-state index in [2.05, 4.69) is 5.43 Å². The number of hydrogen-bond donors (Lipinski definition) is 2. The van der Waals surface area contributed by atoms with Gasteiger partial charge in [-0.2, -0.15) is 0 Å². The Kier molecular flexibility index (Phi) is 3.19. The van der Waals surface area contributed by atoms with Gasteiger partial charge in [-0.25, -0.2) is 0 Å². The topological polar surface area (TPSA) is 61.8 Å². The van der Waals surface area contributed by atoms with Crippen molar-refractivity contribution in [2.24, 2.45) is 0 Å². The first kappa shape index (κ1) is 11.1. The summed E-state index contributed by atoms with van der Waals surface area (Å²) in [6, 6.07) is 7.50. The van der Waals surface area contributed by atoms with Crippen LogP contribution in [-0.2, 0) is 9.09 Å². The number of hydrogen-bond acceptors (Lipinski definition) is 5. The molecule has 1 aromatic rings.